The first-order valence-corrected chi connectivity index (χ1v) is 38.4. The van der Waals surface area contributed by atoms with E-state index in [4.69, 9.17) is 10.2 Å². The fourth-order valence-corrected chi connectivity index (χ4v) is 16.4. The molecule has 2 fully saturated rings. The molecular weight excluding hydrogens is 1470 g/mol. The van der Waals surface area contributed by atoms with Crippen LogP contribution in [0.2, 0.25) is 0 Å². The number of imidazole rings is 3. The third-order valence-electron chi connectivity index (χ3n) is 15.7. The number of carboxylic acids is 1. The maximum absolute atomic E-state index is 12.5. The van der Waals surface area contributed by atoms with Crippen LogP contribution in [0.1, 0.15) is 51.2 Å². The van der Waals surface area contributed by atoms with Crippen LogP contribution in [0.4, 0.5) is 31.1 Å². The summed E-state index contributed by atoms with van der Waals surface area (Å²) in [5, 5.41) is 16.5. The number of aliphatic hydroxyl groups excluding tert-OH is 1. The van der Waals surface area contributed by atoms with Gasteiger partial charge in [0.05, 0.1) is 38.8 Å². The van der Waals surface area contributed by atoms with E-state index in [1.54, 1.807) is 24.8 Å². The first kappa shape index (κ1) is 88.4. The summed E-state index contributed by atoms with van der Waals surface area (Å²) < 4.78 is 80.2. The Morgan fingerprint density at radius 3 is 0.773 bits per heavy atom. The zero-order chi connectivity index (χ0) is 78.4. The number of hydrogen-bond acceptors (Lipinski definition) is 11. The normalized spacial score (nSPS) is 13.0. The van der Waals surface area contributed by atoms with Crippen molar-refractivity contribution in [2.75, 3.05) is 40.3 Å². The van der Waals surface area contributed by atoms with Crippen molar-refractivity contribution in [2.24, 2.45) is 0 Å². The van der Waals surface area contributed by atoms with Crippen LogP contribution in [-0.4, -0.2) is 151 Å². The molecule has 15 nitrogen and oxygen atoms in total. The molecule has 0 unspecified atom stereocenters. The molecule has 0 amide bonds. The highest BCUT2D eigenvalue weighted by molar-refractivity contribution is 7.97. The molecule has 9 aromatic carbocycles. The molecule has 0 aliphatic carbocycles. The largest absolute Gasteiger partial charge is 0.477 e. The lowest BCUT2D eigenvalue weighted by molar-refractivity contribution is -0.176. The number of carboxylic acid groups (broad SMARTS) is 1. The van der Waals surface area contributed by atoms with Gasteiger partial charge in [0.25, 0.3) is 0 Å². The second-order valence-electron chi connectivity index (χ2n) is 24.6. The van der Waals surface area contributed by atoms with Crippen LogP contribution in [-0.2, 0) is 47.0 Å². The van der Waals surface area contributed by atoms with Crippen LogP contribution in [0.5, 0.6) is 0 Å². The van der Waals surface area contributed by atoms with E-state index < -0.39 is 35.6 Å². The molecule has 3 radical (unpaired) electrons. The molecule has 2 saturated heterocycles. The highest BCUT2D eigenvalue weighted by Crippen LogP contribution is 2.34. The van der Waals surface area contributed by atoms with E-state index in [0.29, 0.717) is 33.6 Å². The van der Waals surface area contributed by atoms with Gasteiger partial charge in [0.2, 0.25) is 0 Å². The standard InChI is InChI=1S/3C18H15S.C9H15F2NO2.C7H6N4O.C6H6F2N2O.C6H13NO.C3H4F2O2.B/c3*1-4-10-16(11-5-1)19(17-12-6-2-7-13-17)18-14-8-3-9-15-18;1-9(10,11)8(13)14-7-3-5-12(2)6-4-7;12-7(10-3-1-8-5-10)11-4-2-9-6-11;1-6(7,8)5(11)10-3-2-9-4-10;1-7-4-2-6(8)3-5-7;1-3(4,5)2(6)7;/h3*1-15H;7H,3-6H2,1-2H3;1-6H;2-4H,1H3;6,8H,2-5H2,1H3;1H3,(H,6,7);/q3*+1;;;;;;. The van der Waals surface area contributed by atoms with Crippen molar-refractivity contribution in [2.45, 2.75) is 120 Å². The van der Waals surface area contributed by atoms with Crippen molar-refractivity contribution in [1.82, 2.24) is 38.5 Å². The van der Waals surface area contributed by atoms with Crippen molar-refractivity contribution < 1.29 is 60.5 Å². The summed E-state index contributed by atoms with van der Waals surface area (Å²) >= 11 is 0. The second kappa shape index (κ2) is 46.1. The topological polar surface area (TPSA) is 178 Å². The first-order valence-electron chi connectivity index (χ1n) is 34.7. The van der Waals surface area contributed by atoms with E-state index >= 15 is 0 Å². The van der Waals surface area contributed by atoms with Crippen molar-refractivity contribution in [1.29, 1.82) is 0 Å². The Hall–Kier alpha value is -10.5. The molecule has 110 heavy (non-hydrogen) atoms. The number of hydrogen-bond donors (Lipinski definition) is 2. The molecule has 5 heterocycles. The molecule has 0 saturated carbocycles. The maximum Gasteiger partial charge on any atom is 0.376 e. The predicted octanol–water partition coefficient (Wildman–Crippen LogP) is 17.8. The number of aliphatic hydroxyl groups is 1. The first-order chi connectivity index (χ1) is 52.4. The summed E-state index contributed by atoms with van der Waals surface area (Å²) in [6.45, 7) is 5.12. The lowest BCUT2D eigenvalue weighted by Gasteiger charge is -2.29. The number of esters is 1. The highest BCUT2D eigenvalue weighted by Gasteiger charge is 2.37. The van der Waals surface area contributed by atoms with Gasteiger partial charge in [0.1, 0.15) is 25.1 Å². The molecule has 0 bridgehead atoms. The Kier molecular flexibility index (Phi) is 37.0. The Labute approximate surface area is 649 Å². The summed E-state index contributed by atoms with van der Waals surface area (Å²) in [6, 6.07) is 96.3. The van der Waals surface area contributed by atoms with Gasteiger partial charge in [-0.15, -0.1) is 0 Å². The van der Waals surface area contributed by atoms with Gasteiger partial charge in [-0.3, -0.25) is 18.5 Å². The van der Waals surface area contributed by atoms with Gasteiger partial charge < -0.3 is 24.7 Å². The number of likely N-dealkylation sites (tertiary alicyclic amines) is 2. The minimum absolute atomic E-state index is 0. The third kappa shape index (κ3) is 30.5. The maximum atomic E-state index is 12.5. The van der Waals surface area contributed by atoms with Crippen LogP contribution < -0.4 is 0 Å². The van der Waals surface area contributed by atoms with Crippen LogP contribution in [0.15, 0.2) is 373 Å². The van der Waals surface area contributed by atoms with Gasteiger partial charge >= 0.3 is 41.6 Å². The van der Waals surface area contributed by atoms with Crippen molar-refractivity contribution in [3.63, 3.8) is 0 Å². The second-order valence-corrected chi connectivity index (χ2v) is 30.7. The molecule has 0 spiro atoms. The van der Waals surface area contributed by atoms with Crippen LogP contribution in [0, 0.1) is 0 Å². The molecule has 2 N–H and O–H groups in total. The van der Waals surface area contributed by atoms with E-state index in [-0.39, 0.29) is 59.3 Å². The minimum Gasteiger partial charge on any atom is -0.477 e. The number of carbonyl (C=O) groups is 4. The summed E-state index contributed by atoms with van der Waals surface area (Å²) in [4.78, 5) is 69.8. The zero-order valence-corrected chi connectivity index (χ0v) is 64.0. The number of halogens is 6. The summed E-state index contributed by atoms with van der Waals surface area (Å²) in [6.07, 6.45) is 15.5. The molecule has 2 aliphatic rings. The number of alkyl halides is 6. The Morgan fingerprint density at radius 2 is 0.591 bits per heavy atom. The van der Waals surface area contributed by atoms with Gasteiger partial charge in [-0.25, -0.2) is 29.3 Å². The van der Waals surface area contributed by atoms with Gasteiger partial charge in [-0.1, -0.05) is 164 Å². The SMILES string of the molecule is CC(F)(F)C(=O)O.CC(F)(F)C(=O)n1ccnc1.CN1CCC(O)CC1.CN1CCC(OC(=O)C(C)(F)F)CC1.O=C(n1ccnc1)n1ccnc1.[B].c1ccc([S+](c2ccccc2)c2ccccc2)cc1.c1ccc([S+](c2ccccc2)c2ccccc2)cc1.c1ccc([S+](c2ccccc2)c2ccccc2)cc1. The summed E-state index contributed by atoms with van der Waals surface area (Å²) in [7, 11) is 4.00. The van der Waals surface area contributed by atoms with Crippen LogP contribution in [0.3, 0.4) is 0 Å². The van der Waals surface area contributed by atoms with Crippen molar-refractivity contribution in [3.05, 3.63) is 329 Å². The average Bonchev–Trinajstić information content (AvgIpc) is 0.957. The summed E-state index contributed by atoms with van der Waals surface area (Å²) in [5.74, 6) is -15.1. The van der Waals surface area contributed by atoms with Crippen molar-refractivity contribution in [3.8, 4) is 0 Å². The van der Waals surface area contributed by atoms with E-state index in [2.05, 4.69) is 310 Å². The summed E-state index contributed by atoms with van der Waals surface area (Å²) in [5.41, 5.74) is 0. The average molecular weight is 1560 g/mol. The monoisotopic (exact) mass is 1550 g/mol. The quantitative estimate of drug-likeness (QED) is 0.0484. The van der Waals surface area contributed by atoms with Gasteiger partial charge in [-0.2, -0.15) is 26.3 Å². The Balaban J connectivity index is 0.000000200. The number of ether oxygens (including phenoxy) is 1. The lowest BCUT2D eigenvalue weighted by atomic mass is 10.1. The minimum atomic E-state index is -3.58. The van der Waals surface area contributed by atoms with Crippen molar-refractivity contribution >= 4 is 65.0 Å². The van der Waals surface area contributed by atoms with E-state index in [1.807, 2.05) is 7.05 Å². The lowest BCUT2D eigenvalue weighted by Crippen LogP contribution is -2.38. The fourth-order valence-electron chi connectivity index (χ4n) is 10.1. The predicted molar refractivity (Wildman–Crippen MR) is 423 cm³/mol. The number of nitrogens with zero attached hydrogens (tertiary/aromatic N) is 8. The van der Waals surface area contributed by atoms with Gasteiger partial charge in [0.15, 0.2) is 44.1 Å². The molecule has 3 aromatic heterocycles. The van der Waals surface area contributed by atoms with Gasteiger partial charge in [0, 0.05) is 92.5 Å². The smallest absolute Gasteiger partial charge is 0.376 e. The number of aromatic nitrogens is 6. The van der Waals surface area contributed by atoms with E-state index in [9.17, 15) is 45.5 Å². The molecule has 25 heteroatoms. The van der Waals surface area contributed by atoms with E-state index in [1.165, 1.54) is 78.2 Å². The van der Waals surface area contributed by atoms with Crippen LogP contribution in [0.25, 0.3) is 0 Å². The molecule has 0 atom stereocenters. The molecule has 2 aliphatic heterocycles. The molecule has 571 valence electrons. The third-order valence-corrected chi connectivity index (χ3v) is 22.4. The molecule has 12 aromatic rings. The number of piperidine rings is 2. The zero-order valence-electron chi connectivity index (χ0n) is 61.6. The Bertz CT molecular complexity index is 3860. The molecular formula is C85H89BF6N8O7S3+3. The number of benzene rings is 9. The number of rotatable bonds is 13. The Morgan fingerprint density at radius 1 is 0.373 bits per heavy atom. The number of aliphatic carboxylic acids is 1. The van der Waals surface area contributed by atoms with Gasteiger partial charge in [-0.05, 0) is 149 Å². The fraction of sp³-hybridized carbons (Fsp3) is 0.212. The van der Waals surface area contributed by atoms with Crippen LogP contribution >= 0.6 is 0 Å². The molecule has 14 rings (SSSR count). The van der Waals surface area contributed by atoms with E-state index in [0.717, 1.165) is 49.9 Å². The number of carbonyl (C=O) groups excluding carboxylic acids is 3. The highest BCUT2D eigenvalue weighted by atomic mass is 32.2.